The summed E-state index contributed by atoms with van der Waals surface area (Å²) in [4.78, 5) is 48.1. The number of hydrogen-bond acceptors (Lipinski definition) is 4. The maximum atomic E-state index is 11.4. The molecule has 0 bridgehead atoms. The van der Waals surface area contributed by atoms with Crippen LogP contribution in [0.4, 0.5) is 0 Å². The van der Waals surface area contributed by atoms with E-state index in [-0.39, 0.29) is 35.7 Å². The lowest BCUT2D eigenvalue weighted by Crippen LogP contribution is -2.56. The molecule has 92 valence electrons. The summed E-state index contributed by atoms with van der Waals surface area (Å²) in [5.74, 6) is -1.28. The standard InChI is InChI=1S/C12H10N2O4/c15-9-1-2-10(16)13(9)7-5-8(6-7)14-11(17)3-4-12(14)18/h1-4,7-8H,5-6H2. The fourth-order valence-electron chi connectivity index (χ4n) is 2.52. The summed E-state index contributed by atoms with van der Waals surface area (Å²) in [5.41, 5.74) is 0. The van der Waals surface area contributed by atoms with Gasteiger partial charge in [0.2, 0.25) is 0 Å². The summed E-state index contributed by atoms with van der Waals surface area (Å²) < 4.78 is 0. The largest absolute Gasteiger partial charge is 0.272 e. The Bertz CT molecular complexity index is 446. The van der Waals surface area contributed by atoms with Gasteiger partial charge in [-0.3, -0.25) is 29.0 Å². The van der Waals surface area contributed by atoms with Gasteiger partial charge in [-0.25, -0.2) is 0 Å². The lowest BCUT2D eigenvalue weighted by atomic mass is 9.84. The molecule has 1 aliphatic carbocycles. The van der Waals surface area contributed by atoms with Gasteiger partial charge in [-0.05, 0) is 12.8 Å². The van der Waals surface area contributed by atoms with Gasteiger partial charge in [0.1, 0.15) is 0 Å². The molecule has 6 heteroatoms. The minimum atomic E-state index is -0.319. The van der Waals surface area contributed by atoms with Gasteiger partial charge >= 0.3 is 0 Å². The molecule has 0 spiro atoms. The van der Waals surface area contributed by atoms with Crippen LogP contribution in [0.15, 0.2) is 24.3 Å². The Morgan fingerprint density at radius 1 is 0.667 bits per heavy atom. The van der Waals surface area contributed by atoms with Gasteiger partial charge in [-0.15, -0.1) is 0 Å². The first-order valence-corrected chi connectivity index (χ1v) is 5.68. The minimum absolute atomic E-state index is 0.203. The Hall–Kier alpha value is -2.24. The van der Waals surface area contributed by atoms with Crippen LogP contribution in [0.3, 0.4) is 0 Å². The van der Waals surface area contributed by atoms with Gasteiger partial charge in [0, 0.05) is 36.4 Å². The molecule has 3 rings (SSSR count). The summed E-state index contributed by atoms with van der Waals surface area (Å²) in [6.45, 7) is 0. The van der Waals surface area contributed by atoms with Gasteiger partial charge in [0.15, 0.2) is 0 Å². The average molecular weight is 246 g/mol. The first-order chi connectivity index (χ1) is 8.58. The molecule has 3 aliphatic rings. The molecule has 1 fully saturated rings. The van der Waals surface area contributed by atoms with Gasteiger partial charge < -0.3 is 0 Å². The number of nitrogens with zero attached hydrogens (tertiary/aromatic N) is 2. The van der Waals surface area contributed by atoms with Crippen molar-refractivity contribution in [1.29, 1.82) is 0 Å². The van der Waals surface area contributed by atoms with Crippen molar-refractivity contribution in [3.8, 4) is 0 Å². The van der Waals surface area contributed by atoms with Crippen molar-refractivity contribution in [3.05, 3.63) is 24.3 Å². The van der Waals surface area contributed by atoms with Gasteiger partial charge in [0.05, 0.1) is 0 Å². The van der Waals surface area contributed by atoms with Crippen LogP contribution < -0.4 is 0 Å². The van der Waals surface area contributed by atoms with Gasteiger partial charge in [0.25, 0.3) is 23.6 Å². The summed E-state index contributed by atoms with van der Waals surface area (Å²) >= 11 is 0. The van der Waals surface area contributed by atoms with Crippen molar-refractivity contribution in [2.24, 2.45) is 0 Å². The molecule has 2 heterocycles. The molecular weight excluding hydrogens is 236 g/mol. The van der Waals surface area contributed by atoms with Crippen LogP contribution in [0.2, 0.25) is 0 Å². The van der Waals surface area contributed by atoms with Gasteiger partial charge in [-0.1, -0.05) is 0 Å². The normalized spacial score (nSPS) is 30.7. The highest BCUT2D eigenvalue weighted by molar-refractivity contribution is 6.14. The zero-order chi connectivity index (χ0) is 12.9. The highest BCUT2D eigenvalue weighted by atomic mass is 16.2. The van der Waals surface area contributed by atoms with Crippen molar-refractivity contribution in [2.45, 2.75) is 24.9 Å². The van der Waals surface area contributed by atoms with Gasteiger partial charge in [-0.2, -0.15) is 0 Å². The van der Waals surface area contributed by atoms with E-state index in [0.29, 0.717) is 12.8 Å². The second kappa shape index (κ2) is 3.63. The first-order valence-electron chi connectivity index (χ1n) is 5.68. The van der Waals surface area contributed by atoms with Crippen molar-refractivity contribution >= 4 is 23.6 Å². The van der Waals surface area contributed by atoms with Crippen LogP contribution in [-0.2, 0) is 19.2 Å². The lowest BCUT2D eigenvalue weighted by Gasteiger charge is -2.43. The molecule has 4 amide bonds. The van der Waals surface area contributed by atoms with E-state index in [2.05, 4.69) is 0 Å². The molecule has 0 aromatic rings. The molecule has 0 saturated heterocycles. The minimum Gasteiger partial charge on any atom is -0.272 e. The Morgan fingerprint density at radius 3 is 1.22 bits per heavy atom. The van der Waals surface area contributed by atoms with Crippen molar-refractivity contribution in [2.75, 3.05) is 0 Å². The molecule has 0 aromatic heterocycles. The van der Waals surface area contributed by atoms with Crippen LogP contribution in [0.5, 0.6) is 0 Å². The molecular formula is C12H10N2O4. The van der Waals surface area contributed by atoms with Crippen LogP contribution >= 0.6 is 0 Å². The summed E-state index contributed by atoms with van der Waals surface area (Å²) in [6, 6.07) is -0.405. The van der Waals surface area contributed by atoms with E-state index in [1.165, 1.54) is 34.1 Å². The molecule has 2 aliphatic heterocycles. The quantitative estimate of drug-likeness (QED) is 0.608. The second-order valence-corrected chi connectivity index (χ2v) is 4.54. The van der Waals surface area contributed by atoms with E-state index < -0.39 is 0 Å². The Balaban J connectivity index is 1.64. The summed E-state index contributed by atoms with van der Waals surface area (Å²) in [5, 5.41) is 0. The topological polar surface area (TPSA) is 74.8 Å². The SMILES string of the molecule is O=C1C=CC(=O)N1C1CC(N2C(=O)C=CC2=O)C1. The van der Waals surface area contributed by atoms with Crippen LogP contribution in [-0.4, -0.2) is 45.5 Å². The van der Waals surface area contributed by atoms with E-state index in [4.69, 9.17) is 0 Å². The molecule has 0 atom stereocenters. The predicted octanol–water partition coefficient (Wildman–Crippen LogP) is -0.633. The predicted molar refractivity (Wildman–Crippen MR) is 58.8 cm³/mol. The third-order valence-corrected chi connectivity index (χ3v) is 3.51. The molecule has 0 radical (unpaired) electrons. The van der Waals surface area contributed by atoms with Crippen molar-refractivity contribution < 1.29 is 19.2 Å². The van der Waals surface area contributed by atoms with E-state index >= 15 is 0 Å². The van der Waals surface area contributed by atoms with E-state index in [9.17, 15) is 19.2 Å². The fraction of sp³-hybridized carbons (Fsp3) is 0.333. The molecule has 0 aromatic carbocycles. The zero-order valence-corrected chi connectivity index (χ0v) is 9.41. The number of carbonyl (C=O) groups is 4. The first kappa shape index (κ1) is 10.9. The monoisotopic (exact) mass is 246 g/mol. The second-order valence-electron chi connectivity index (χ2n) is 4.54. The van der Waals surface area contributed by atoms with E-state index in [1.807, 2.05) is 0 Å². The van der Waals surface area contributed by atoms with Crippen LogP contribution in [0, 0.1) is 0 Å². The smallest absolute Gasteiger partial charge is 0.253 e. The molecule has 1 saturated carbocycles. The third kappa shape index (κ3) is 1.42. The number of amides is 4. The molecule has 0 unspecified atom stereocenters. The molecule has 6 nitrogen and oxygen atoms in total. The Kier molecular flexibility index (Phi) is 2.19. The highest BCUT2D eigenvalue weighted by Crippen LogP contribution is 2.33. The third-order valence-electron chi connectivity index (χ3n) is 3.51. The maximum absolute atomic E-state index is 11.4. The number of carbonyl (C=O) groups excluding carboxylic acids is 4. The van der Waals surface area contributed by atoms with Crippen LogP contribution in [0.25, 0.3) is 0 Å². The Morgan fingerprint density at radius 2 is 0.944 bits per heavy atom. The molecule has 18 heavy (non-hydrogen) atoms. The number of imide groups is 2. The van der Waals surface area contributed by atoms with Crippen molar-refractivity contribution in [3.63, 3.8) is 0 Å². The van der Waals surface area contributed by atoms with Crippen LogP contribution in [0.1, 0.15) is 12.8 Å². The average Bonchev–Trinajstić information content (AvgIpc) is 2.76. The highest BCUT2D eigenvalue weighted by Gasteiger charge is 2.45. The lowest BCUT2D eigenvalue weighted by molar-refractivity contribution is -0.147. The number of hydrogen-bond donors (Lipinski definition) is 0. The van der Waals surface area contributed by atoms with Crippen molar-refractivity contribution in [1.82, 2.24) is 9.80 Å². The van der Waals surface area contributed by atoms with E-state index in [1.54, 1.807) is 0 Å². The van der Waals surface area contributed by atoms with E-state index in [0.717, 1.165) is 0 Å². The molecule has 0 N–H and O–H groups in total. The summed E-state index contributed by atoms with van der Waals surface area (Å²) in [7, 11) is 0. The fourth-order valence-corrected chi connectivity index (χ4v) is 2.52. The Labute approximate surface area is 103 Å². The number of rotatable bonds is 2. The summed E-state index contributed by atoms with van der Waals surface area (Å²) in [6.07, 6.45) is 5.90. The maximum Gasteiger partial charge on any atom is 0.253 e. The zero-order valence-electron chi connectivity index (χ0n) is 9.41.